The fourth-order valence-corrected chi connectivity index (χ4v) is 3.56. The number of hydrogen-bond acceptors (Lipinski definition) is 2. The molecule has 1 N–H and O–H groups in total. The topological polar surface area (TPSA) is 45.3 Å². The molecular weight excluding hydrogens is 336 g/mol. The highest BCUT2D eigenvalue weighted by Crippen LogP contribution is 2.38. The maximum atomic E-state index is 13.2. The summed E-state index contributed by atoms with van der Waals surface area (Å²) < 4.78 is 5.22. The lowest BCUT2D eigenvalue weighted by atomic mass is 10.1. The number of amides is 1. The van der Waals surface area contributed by atoms with Gasteiger partial charge in [-0.2, -0.15) is 0 Å². The zero-order valence-corrected chi connectivity index (χ0v) is 15.7. The van der Waals surface area contributed by atoms with Crippen molar-refractivity contribution in [2.75, 3.05) is 12.0 Å². The summed E-state index contributed by atoms with van der Waals surface area (Å²) in [6.07, 6.45) is 1.97. The average Bonchev–Trinajstić information content (AvgIpc) is 3.13. The second kappa shape index (κ2) is 6.80. The number of methoxy groups -OCH3 is 1. The minimum absolute atomic E-state index is 0.0265. The molecule has 0 spiro atoms. The lowest BCUT2D eigenvalue weighted by Crippen LogP contribution is -2.25. The molecule has 0 radical (unpaired) electrons. The lowest BCUT2D eigenvalue weighted by Gasteiger charge is -2.17. The first-order chi connectivity index (χ1) is 13.1. The Morgan fingerprint density at radius 2 is 1.81 bits per heavy atom. The molecule has 0 unspecified atom stereocenters. The van der Waals surface area contributed by atoms with Gasteiger partial charge in [-0.1, -0.05) is 30.3 Å². The molecule has 0 saturated carbocycles. The standard InChI is InChI=1S/C23H22N2O2/c1-15-12-16(2)24-21(15)13-20-19-6-4-5-7-22(19)25(23(20)26)14-17-8-10-18(27-3)11-9-17/h4-13,24H,14H2,1-3H3/b20-13-. The second-order valence-corrected chi connectivity index (χ2v) is 6.86. The third-order valence-corrected chi connectivity index (χ3v) is 4.94. The van der Waals surface area contributed by atoms with Gasteiger partial charge in [-0.05, 0) is 55.3 Å². The normalized spacial score (nSPS) is 14.7. The number of carbonyl (C=O) groups excluding carboxylic acids is 1. The van der Waals surface area contributed by atoms with Crippen LogP contribution in [0.5, 0.6) is 5.75 Å². The number of ether oxygens (including phenoxy) is 1. The molecule has 136 valence electrons. The van der Waals surface area contributed by atoms with Crippen LogP contribution in [-0.4, -0.2) is 18.0 Å². The molecule has 0 bridgehead atoms. The average molecular weight is 358 g/mol. The van der Waals surface area contributed by atoms with Crippen LogP contribution >= 0.6 is 0 Å². The summed E-state index contributed by atoms with van der Waals surface area (Å²) in [5.41, 5.74) is 6.92. The molecule has 0 aliphatic carbocycles. The summed E-state index contributed by atoms with van der Waals surface area (Å²) in [5, 5.41) is 0. The van der Waals surface area contributed by atoms with Crippen molar-refractivity contribution in [3.63, 3.8) is 0 Å². The maximum absolute atomic E-state index is 13.2. The molecule has 4 rings (SSSR count). The minimum atomic E-state index is 0.0265. The molecule has 2 heterocycles. The van der Waals surface area contributed by atoms with Crippen molar-refractivity contribution in [1.29, 1.82) is 0 Å². The van der Waals surface area contributed by atoms with Crippen LogP contribution in [0.15, 0.2) is 54.6 Å². The minimum Gasteiger partial charge on any atom is -0.497 e. The number of para-hydroxylation sites is 1. The van der Waals surface area contributed by atoms with Gasteiger partial charge in [0.05, 0.1) is 24.9 Å². The fraction of sp³-hybridized carbons (Fsp3) is 0.174. The van der Waals surface area contributed by atoms with E-state index in [1.54, 1.807) is 7.11 Å². The molecule has 27 heavy (non-hydrogen) atoms. The number of benzene rings is 2. The van der Waals surface area contributed by atoms with Gasteiger partial charge in [0, 0.05) is 17.0 Å². The predicted octanol–water partition coefficient (Wildman–Crippen LogP) is 4.73. The lowest BCUT2D eigenvalue weighted by molar-refractivity contribution is -0.113. The number of anilines is 1. The van der Waals surface area contributed by atoms with Gasteiger partial charge in [-0.3, -0.25) is 4.79 Å². The van der Waals surface area contributed by atoms with Gasteiger partial charge >= 0.3 is 0 Å². The van der Waals surface area contributed by atoms with E-state index in [2.05, 4.69) is 18.0 Å². The van der Waals surface area contributed by atoms with Gasteiger partial charge in [0.15, 0.2) is 0 Å². The van der Waals surface area contributed by atoms with Gasteiger partial charge in [-0.25, -0.2) is 0 Å². The van der Waals surface area contributed by atoms with Gasteiger partial charge in [0.25, 0.3) is 5.91 Å². The van der Waals surface area contributed by atoms with Crippen molar-refractivity contribution in [1.82, 2.24) is 4.98 Å². The highest BCUT2D eigenvalue weighted by molar-refractivity contribution is 6.35. The van der Waals surface area contributed by atoms with Crippen LogP contribution in [0.2, 0.25) is 0 Å². The van der Waals surface area contributed by atoms with Crippen LogP contribution in [0.25, 0.3) is 11.6 Å². The molecule has 1 aliphatic heterocycles. The molecule has 4 nitrogen and oxygen atoms in total. The number of rotatable bonds is 4. The Labute approximate surface area is 159 Å². The Bertz CT molecular complexity index is 1030. The molecule has 1 aliphatic rings. The molecule has 0 saturated heterocycles. The molecule has 1 aromatic heterocycles. The Hall–Kier alpha value is -3.27. The van der Waals surface area contributed by atoms with Gasteiger partial charge < -0.3 is 14.6 Å². The van der Waals surface area contributed by atoms with Crippen LogP contribution in [0.3, 0.4) is 0 Å². The first kappa shape index (κ1) is 17.2. The quantitative estimate of drug-likeness (QED) is 0.686. The summed E-state index contributed by atoms with van der Waals surface area (Å²) in [5.74, 6) is 0.837. The smallest absolute Gasteiger partial charge is 0.259 e. The van der Waals surface area contributed by atoms with Crippen molar-refractivity contribution >= 4 is 23.2 Å². The fourth-order valence-electron chi connectivity index (χ4n) is 3.56. The van der Waals surface area contributed by atoms with E-state index in [4.69, 9.17) is 4.74 Å². The molecule has 0 atom stereocenters. The van der Waals surface area contributed by atoms with Crippen LogP contribution in [-0.2, 0) is 11.3 Å². The van der Waals surface area contributed by atoms with Crippen LogP contribution < -0.4 is 9.64 Å². The summed E-state index contributed by atoms with van der Waals surface area (Å²) in [6.45, 7) is 4.60. The van der Waals surface area contributed by atoms with E-state index in [1.165, 1.54) is 0 Å². The highest BCUT2D eigenvalue weighted by Gasteiger charge is 2.32. The van der Waals surface area contributed by atoms with Gasteiger partial charge in [0.2, 0.25) is 0 Å². The van der Waals surface area contributed by atoms with E-state index in [0.29, 0.717) is 6.54 Å². The van der Waals surface area contributed by atoms with E-state index < -0.39 is 0 Å². The van der Waals surface area contributed by atoms with E-state index in [1.807, 2.05) is 66.4 Å². The predicted molar refractivity (Wildman–Crippen MR) is 109 cm³/mol. The van der Waals surface area contributed by atoms with Gasteiger partial charge in [-0.15, -0.1) is 0 Å². The number of carbonyl (C=O) groups is 1. The second-order valence-electron chi connectivity index (χ2n) is 6.86. The molecule has 3 aromatic rings. The highest BCUT2D eigenvalue weighted by atomic mass is 16.5. The summed E-state index contributed by atoms with van der Waals surface area (Å²) in [7, 11) is 1.65. The largest absolute Gasteiger partial charge is 0.497 e. The third-order valence-electron chi connectivity index (χ3n) is 4.94. The maximum Gasteiger partial charge on any atom is 0.259 e. The van der Waals surface area contributed by atoms with Crippen molar-refractivity contribution in [2.45, 2.75) is 20.4 Å². The van der Waals surface area contributed by atoms with Crippen molar-refractivity contribution < 1.29 is 9.53 Å². The van der Waals surface area contributed by atoms with E-state index in [-0.39, 0.29) is 5.91 Å². The van der Waals surface area contributed by atoms with Crippen molar-refractivity contribution in [3.05, 3.63) is 82.7 Å². The molecular formula is C23H22N2O2. The molecule has 1 amide bonds. The summed E-state index contributed by atoms with van der Waals surface area (Å²) in [4.78, 5) is 18.4. The molecule has 2 aromatic carbocycles. The number of nitrogens with zero attached hydrogens (tertiary/aromatic N) is 1. The zero-order valence-electron chi connectivity index (χ0n) is 15.7. The molecule has 4 heteroatoms. The van der Waals surface area contributed by atoms with Crippen molar-refractivity contribution in [3.8, 4) is 5.75 Å². The monoisotopic (exact) mass is 358 g/mol. The van der Waals surface area contributed by atoms with E-state index >= 15 is 0 Å². The van der Waals surface area contributed by atoms with Crippen LogP contribution in [0, 0.1) is 13.8 Å². The zero-order chi connectivity index (χ0) is 19.0. The SMILES string of the molecule is COc1ccc(CN2C(=O)/C(=C\c3[nH]c(C)cc3C)c3ccccc32)cc1. The van der Waals surface area contributed by atoms with Gasteiger partial charge in [0.1, 0.15) is 5.75 Å². The number of aromatic amines is 1. The number of nitrogens with one attached hydrogen (secondary N) is 1. The first-order valence-electron chi connectivity index (χ1n) is 8.99. The van der Waals surface area contributed by atoms with E-state index in [9.17, 15) is 4.79 Å². The van der Waals surface area contributed by atoms with E-state index in [0.717, 1.165) is 45.1 Å². The number of aryl methyl sites for hydroxylation is 2. The van der Waals surface area contributed by atoms with Crippen LogP contribution in [0.4, 0.5) is 5.69 Å². The summed E-state index contributed by atoms with van der Waals surface area (Å²) >= 11 is 0. The number of aromatic nitrogens is 1. The van der Waals surface area contributed by atoms with Crippen LogP contribution in [0.1, 0.15) is 28.1 Å². The Morgan fingerprint density at radius 3 is 2.48 bits per heavy atom. The number of hydrogen-bond donors (Lipinski definition) is 1. The number of H-pyrrole nitrogens is 1. The Morgan fingerprint density at radius 1 is 1.07 bits per heavy atom. The Kier molecular flexibility index (Phi) is 4.32. The summed E-state index contributed by atoms with van der Waals surface area (Å²) in [6, 6.07) is 17.9. The van der Waals surface area contributed by atoms with Crippen molar-refractivity contribution in [2.24, 2.45) is 0 Å². The molecule has 0 fully saturated rings. The third kappa shape index (κ3) is 3.14. The first-order valence-corrected chi connectivity index (χ1v) is 8.99. The Balaban J connectivity index is 1.72. The number of fused-ring (bicyclic) bond motifs is 1.